The predicted octanol–water partition coefficient (Wildman–Crippen LogP) is 3.93. The van der Waals surface area contributed by atoms with Gasteiger partial charge in [0.25, 0.3) is 0 Å². The Morgan fingerprint density at radius 2 is 2.00 bits per heavy atom. The number of halogens is 1. The van der Waals surface area contributed by atoms with Crippen LogP contribution >= 0.6 is 34.3 Å². The van der Waals surface area contributed by atoms with Crippen molar-refractivity contribution in [2.45, 2.75) is 6.10 Å². The molecule has 3 rings (SSSR count). The zero-order chi connectivity index (χ0) is 20.1. The molecular weight excluding hydrogens is 420 g/mol. The van der Waals surface area contributed by atoms with Crippen LogP contribution < -0.4 is 15.4 Å². The van der Waals surface area contributed by atoms with E-state index in [4.69, 9.17) is 16.3 Å². The van der Waals surface area contributed by atoms with Crippen LogP contribution in [0.5, 0.6) is 5.75 Å². The van der Waals surface area contributed by atoms with Crippen molar-refractivity contribution in [3.8, 4) is 15.5 Å². The molecule has 9 heteroatoms. The number of nitrogens with one attached hydrogen (secondary N) is 2. The molecule has 0 aliphatic rings. The van der Waals surface area contributed by atoms with Gasteiger partial charge in [0.15, 0.2) is 0 Å². The fourth-order valence-electron chi connectivity index (χ4n) is 2.41. The summed E-state index contributed by atoms with van der Waals surface area (Å²) in [6.45, 7) is -0.0800. The Morgan fingerprint density at radius 3 is 2.71 bits per heavy atom. The van der Waals surface area contributed by atoms with Crippen LogP contribution in [-0.4, -0.2) is 30.6 Å². The molecule has 2 aromatic heterocycles. The van der Waals surface area contributed by atoms with Crippen molar-refractivity contribution in [2.24, 2.45) is 0 Å². The summed E-state index contributed by atoms with van der Waals surface area (Å²) in [6.07, 6.45) is -0.906. The van der Waals surface area contributed by atoms with E-state index >= 15 is 0 Å². The van der Waals surface area contributed by atoms with Crippen LogP contribution in [0.2, 0.25) is 5.02 Å². The summed E-state index contributed by atoms with van der Waals surface area (Å²) in [5, 5.41) is 17.6. The lowest BCUT2D eigenvalue weighted by Gasteiger charge is -2.12. The van der Waals surface area contributed by atoms with Gasteiger partial charge in [-0.25, -0.2) is 0 Å². The first-order valence-corrected chi connectivity index (χ1v) is 10.3. The molecule has 0 bridgehead atoms. The number of anilines is 1. The third-order valence-corrected chi connectivity index (χ3v) is 6.28. The van der Waals surface area contributed by atoms with Crippen LogP contribution in [0.4, 0.5) is 5.69 Å². The fraction of sp³-hybridized carbons (Fsp3) is 0.158. The molecule has 1 aromatic carbocycles. The molecule has 0 saturated carbocycles. The maximum Gasteiger partial charge on any atom is 0.313 e. The van der Waals surface area contributed by atoms with E-state index in [1.807, 2.05) is 29.6 Å². The van der Waals surface area contributed by atoms with E-state index in [0.717, 1.165) is 9.75 Å². The van der Waals surface area contributed by atoms with Crippen LogP contribution in [0.15, 0.2) is 47.8 Å². The van der Waals surface area contributed by atoms with Gasteiger partial charge in [0.05, 0.1) is 12.8 Å². The van der Waals surface area contributed by atoms with Gasteiger partial charge in [0, 0.05) is 26.2 Å². The van der Waals surface area contributed by atoms with Crippen molar-refractivity contribution >= 4 is 51.8 Å². The predicted molar refractivity (Wildman–Crippen MR) is 112 cm³/mol. The number of methoxy groups -OCH3 is 1. The van der Waals surface area contributed by atoms with Gasteiger partial charge in [0.2, 0.25) is 0 Å². The number of aliphatic hydroxyl groups excluding tert-OH is 1. The summed E-state index contributed by atoms with van der Waals surface area (Å²) >= 11 is 8.97. The van der Waals surface area contributed by atoms with Gasteiger partial charge in [0.1, 0.15) is 11.9 Å². The van der Waals surface area contributed by atoms with Crippen LogP contribution in [-0.2, 0) is 9.59 Å². The second-order valence-corrected chi connectivity index (χ2v) is 8.20. The van der Waals surface area contributed by atoms with E-state index in [9.17, 15) is 14.7 Å². The zero-order valence-corrected chi connectivity index (χ0v) is 17.2. The Balaban J connectivity index is 1.56. The van der Waals surface area contributed by atoms with E-state index in [0.29, 0.717) is 15.6 Å². The molecule has 146 valence electrons. The van der Waals surface area contributed by atoms with E-state index in [1.165, 1.54) is 24.5 Å². The quantitative estimate of drug-likeness (QED) is 0.511. The molecule has 0 fully saturated rings. The number of hydrogen-bond donors (Lipinski definition) is 3. The van der Waals surface area contributed by atoms with Gasteiger partial charge >= 0.3 is 11.8 Å². The maximum atomic E-state index is 12.1. The Bertz CT molecular complexity index is 972. The lowest BCUT2D eigenvalue weighted by Crippen LogP contribution is -2.37. The largest absolute Gasteiger partial charge is 0.495 e. The molecule has 3 aromatic rings. The topological polar surface area (TPSA) is 87.7 Å². The number of hydrogen-bond acceptors (Lipinski definition) is 6. The van der Waals surface area contributed by atoms with Gasteiger partial charge in [-0.05, 0) is 41.8 Å². The second-order valence-electron chi connectivity index (χ2n) is 5.70. The normalized spacial score (nSPS) is 11.7. The Labute approximate surface area is 174 Å². The minimum atomic E-state index is -0.906. The molecule has 0 radical (unpaired) electrons. The first-order chi connectivity index (χ1) is 13.5. The van der Waals surface area contributed by atoms with Crippen LogP contribution in [0, 0.1) is 0 Å². The number of rotatable bonds is 6. The highest BCUT2D eigenvalue weighted by Crippen LogP contribution is 2.34. The standard InChI is InChI=1S/C19H17ClN2O4S2/c1-26-14-5-4-11(20)9-12(14)22-19(25)18(24)21-10-13(23)15-6-7-17(28-15)16-3-2-8-27-16/h2-9,13,23H,10H2,1H3,(H,21,24)(H,22,25)/t13-/m0/s1. The highest BCUT2D eigenvalue weighted by atomic mass is 35.5. The molecule has 0 aliphatic carbocycles. The van der Waals surface area contributed by atoms with Crippen molar-refractivity contribution in [3.63, 3.8) is 0 Å². The average Bonchev–Trinajstić information content (AvgIpc) is 3.37. The lowest BCUT2D eigenvalue weighted by molar-refractivity contribution is -0.136. The molecule has 0 spiro atoms. The summed E-state index contributed by atoms with van der Waals surface area (Å²) in [4.78, 5) is 27.0. The summed E-state index contributed by atoms with van der Waals surface area (Å²) in [5.41, 5.74) is 0.287. The zero-order valence-electron chi connectivity index (χ0n) is 14.8. The molecule has 28 heavy (non-hydrogen) atoms. The van der Waals surface area contributed by atoms with Crippen molar-refractivity contribution < 1.29 is 19.4 Å². The van der Waals surface area contributed by atoms with Crippen LogP contribution in [0.25, 0.3) is 9.75 Å². The number of amides is 2. The lowest BCUT2D eigenvalue weighted by atomic mass is 10.2. The van der Waals surface area contributed by atoms with Gasteiger partial charge in [-0.1, -0.05) is 17.7 Å². The molecule has 2 amide bonds. The summed E-state index contributed by atoms with van der Waals surface area (Å²) < 4.78 is 5.13. The van der Waals surface area contributed by atoms with Crippen LogP contribution in [0.1, 0.15) is 11.0 Å². The van der Waals surface area contributed by atoms with E-state index in [2.05, 4.69) is 10.6 Å². The number of benzene rings is 1. The summed E-state index contributed by atoms with van der Waals surface area (Å²) in [5.74, 6) is -1.36. The number of thiophene rings is 2. The maximum absolute atomic E-state index is 12.1. The Morgan fingerprint density at radius 1 is 1.18 bits per heavy atom. The number of aliphatic hydroxyl groups is 1. The molecule has 1 atom stereocenters. The molecule has 2 heterocycles. The van der Waals surface area contributed by atoms with Crippen molar-refractivity contribution in [1.82, 2.24) is 5.32 Å². The first-order valence-electron chi connectivity index (χ1n) is 8.22. The minimum absolute atomic E-state index is 0.0800. The number of ether oxygens (including phenoxy) is 1. The van der Waals surface area contributed by atoms with E-state index < -0.39 is 17.9 Å². The van der Waals surface area contributed by atoms with Gasteiger partial charge in [-0.3, -0.25) is 9.59 Å². The Kier molecular flexibility index (Phi) is 6.69. The van der Waals surface area contributed by atoms with Crippen LogP contribution in [0.3, 0.4) is 0 Å². The smallest absolute Gasteiger partial charge is 0.313 e. The number of carbonyl (C=O) groups excluding carboxylic acids is 2. The first kappa shape index (κ1) is 20.3. The summed E-state index contributed by atoms with van der Waals surface area (Å²) in [7, 11) is 1.45. The van der Waals surface area contributed by atoms with Gasteiger partial charge in [-0.2, -0.15) is 0 Å². The highest BCUT2D eigenvalue weighted by molar-refractivity contribution is 7.21. The summed E-state index contributed by atoms with van der Waals surface area (Å²) in [6, 6.07) is 12.4. The highest BCUT2D eigenvalue weighted by Gasteiger charge is 2.19. The van der Waals surface area contributed by atoms with Crippen molar-refractivity contribution in [1.29, 1.82) is 0 Å². The minimum Gasteiger partial charge on any atom is -0.495 e. The Hall–Kier alpha value is -2.39. The van der Waals surface area contributed by atoms with Crippen molar-refractivity contribution in [3.05, 3.63) is 57.7 Å². The SMILES string of the molecule is COc1ccc(Cl)cc1NC(=O)C(=O)NC[C@H](O)c1ccc(-c2cccs2)s1. The molecular formula is C19H17ClN2O4S2. The fourth-order valence-corrected chi connectivity index (χ4v) is 4.41. The monoisotopic (exact) mass is 436 g/mol. The second kappa shape index (κ2) is 9.20. The van der Waals surface area contributed by atoms with Crippen molar-refractivity contribution in [2.75, 3.05) is 19.0 Å². The number of carbonyl (C=O) groups is 2. The van der Waals surface area contributed by atoms with Gasteiger partial charge in [-0.15, -0.1) is 22.7 Å². The van der Waals surface area contributed by atoms with Gasteiger partial charge < -0.3 is 20.5 Å². The molecule has 6 nitrogen and oxygen atoms in total. The average molecular weight is 437 g/mol. The molecule has 0 unspecified atom stereocenters. The molecule has 0 saturated heterocycles. The van der Waals surface area contributed by atoms with E-state index in [-0.39, 0.29) is 12.2 Å². The third kappa shape index (κ3) is 4.90. The molecule has 3 N–H and O–H groups in total. The van der Waals surface area contributed by atoms with E-state index in [1.54, 1.807) is 23.5 Å². The third-order valence-electron chi connectivity index (χ3n) is 3.79. The molecule has 0 aliphatic heterocycles.